The summed E-state index contributed by atoms with van der Waals surface area (Å²) in [7, 11) is 0. The molecule has 3 aliphatic rings. The van der Waals surface area contributed by atoms with E-state index in [-0.39, 0.29) is 48.6 Å². The molecule has 3 atom stereocenters. The molecule has 0 spiro atoms. The molecular weight excluding hydrogens is 689 g/mol. The molecule has 2 amide bonds. The molecule has 0 radical (unpaired) electrons. The highest BCUT2D eigenvalue weighted by molar-refractivity contribution is 9.10. The van der Waals surface area contributed by atoms with E-state index in [0.29, 0.717) is 54.3 Å². The van der Waals surface area contributed by atoms with E-state index in [0.717, 1.165) is 48.8 Å². The van der Waals surface area contributed by atoms with Crippen LogP contribution in [0.25, 0.3) is 5.57 Å². The van der Waals surface area contributed by atoms with Crippen molar-refractivity contribution in [1.82, 2.24) is 15.5 Å². The number of amides is 2. The first kappa shape index (κ1) is 34.8. The number of carbonyl (C=O) groups excluding carboxylic acids is 2. The molecule has 49 heavy (non-hydrogen) atoms. The van der Waals surface area contributed by atoms with E-state index in [1.807, 2.05) is 18.2 Å². The monoisotopic (exact) mass is 731 g/mol. The molecule has 1 unspecified atom stereocenters. The van der Waals surface area contributed by atoms with Gasteiger partial charge in [0.25, 0.3) is 0 Å². The molecule has 1 saturated heterocycles. The second kappa shape index (κ2) is 16.1. The molecule has 2 aliphatic heterocycles. The highest BCUT2D eigenvalue weighted by atomic mass is 79.9. The molecule has 0 aromatic heterocycles. The molecular formula is C39H43BrFN3O5. The number of fused-ring (bicyclic) bond motifs is 2. The van der Waals surface area contributed by atoms with Crippen LogP contribution < -0.4 is 15.4 Å². The van der Waals surface area contributed by atoms with Gasteiger partial charge in [0.15, 0.2) is 0 Å². The summed E-state index contributed by atoms with van der Waals surface area (Å²) < 4.78 is 20.1. The van der Waals surface area contributed by atoms with Gasteiger partial charge in [0, 0.05) is 49.7 Å². The number of carboxylic acid groups (broad SMARTS) is 1. The number of halogens is 2. The van der Waals surface area contributed by atoms with Crippen molar-refractivity contribution >= 4 is 39.3 Å². The van der Waals surface area contributed by atoms with Crippen LogP contribution >= 0.6 is 15.9 Å². The number of aryl methyl sites for hydroxylation is 1. The van der Waals surface area contributed by atoms with E-state index in [4.69, 9.17) is 9.84 Å². The number of hydrogen-bond donors (Lipinski definition) is 3. The summed E-state index contributed by atoms with van der Waals surface area (Å²) in [5, 5.41) is 16.1. The summed E-state index contributed by atoms with van der Waals surface area (Å²) in [5.41, 5.74) is 5.01. The van der Waals surface area contributed by atoms with Gasteiger partial charge in [-0.1, -0.05) is 54.6 Å². The van der Waals surface area contributed by atoms with Gasteiger partial charge in [-0.15, -0.1) is 0 Å². The van der Waals surface area contributed by atoms with Gasteiger partial charge in [-0.2, -0.15) is 0 Å². The lowest BCUT2D eigenvalue weighted by Crippen LogP contribution is -2.62. The van der Waals surface area contributed by atoms with Gasteiger partial charge in [0.1, 0.15) is 11.6 Å². The maximum absolute atomic E-state index is 14.3. The van der Waals surface area contributed by atoms with Crippen LogP contribution in [0.5, 0.6) is 5.75 Å². The van der Waals surface area contributed by atoms with Gasteiger partial charge in [-0.3, -0.25) is 14.4 Å². The lowest BCUT2D eigenvalue weighted by molar-refractivity contribution is -0.137. The van der Waals surface area contributed by atoms with Crippen LogP contribution in [0.3, 0.4) is 0 Å². The van der Waals surface area contributed by atoms with E-state index < -0.39 is 5.97 Å². The summed E-state index contributed by atoms with van der Waals surface area (Å²) in [6.07, 6.45) is 5.53. The van der Waals surface area contributed by atoms with Crippen molar-refractivity contribution in [3.63, 3.8) is 0 Å². The molecule has 1 saturated carbocycles. The summed E-state index contributed by atoms with van der Waals surface area (Å²) >= 11 is 3.40. The molecule has 2 bridgehead atoms. The van der Waals surface area contributed by atoms with Crippen molar-refractivity contribution in [2.75, 3.05) is 19.7 Å². The second-order valence-corrected chi connectivity index (χ2v) is 14.2. The first-order valence-electron chi connectivity index (χ1n) is 17.2. The SMILES string of the molecule is O=C(O)CCCC(=O)N1C[C@H]2CC(c3ccc(CCCOc4cc(F)ccc4Br)cc3)=C(C(=O)NC(Cc3ccccc3)C3CC3)[C@@H](C1)N2. The Labute approximate surface area is 295 Å². The molecule has 3 N–H and O–H groups in total. The second-order valence-electron chi connectivity index (χ2n) is 13.4. The van der Waals surface area contributed by atoms with E-state index in [1.54, 1.807) is 11.0 Å². The van der Waals surface area contributed by atoms with E-state index in [1.165, 1.54) is 17.7 Å². The number of benzene rings is 3. The Bertz CT molecular complexity index is 1680. The average molecular weight is 733 g/mol. The van der Waals surface area contributed by atoms with Crippen molar-refractivity contribution in [3.05, 3.63) is 105 Å². The van der Waals surface area contributed by atoms with Gasteiger partial charge in [-0.05, 0) is 101 Å². The van der Waals surface area contributed by atoms with Crippen molar-refractivity contribution in [2.24, 2.45) is 5.92 Å². The Morgan fingerprint density at radius 3 is 2.49 bits per heavy atom. The zero-order chi connectivity index (χ0) is 34.3. The number of carbonyl (C=O) groups is 3. The molecule has 2 heterocycles. The Morgan fingerprint density at radius 1 is 0.980 bits per heavy atom. The normalized spacial score (nSPS) is 19.3. The lowest BCUT2D eigenvalue weighted by Gasteiger charge is -2.44. The third-order valence-electron chi connectivity index (χ3n) is 9.65. The Morgan fingerprint density at radius 2 is 1.76 bits per heavy atom. The Hall–Kier alpha value is -4.02. The van der Waals surface area contributed by atoms with Crippen LogP contribution in [0.1, 0.15) is 61.6 Å². The highest BCUT2D eigenvalue weighted by Gasteiger charge is 2.41. The summed E-state index contributed by atoms with van der Waals surface area (Å²) in [5.74, 6) is -0.483. The zero-order valence-corrected chi connectivity index (χ0v) is 29.1. The Kier molecular flexibility index (Phi) is 11.5. The minimum atomic E-state index is -0.909. The fraction of sp³-hybridized carbons (Fsp3) is 0.410. The number of rotatable bonds is 15. The van der Waals surface area contributed by atoms with Crippen LogP contribution in [0.2, 0.25) is 0 Å². The number of hydrogen-bond acceptors (Lipinski definition) is 5. The summed E-state index contributed by atoms with van der Waals surface area (Å²) in [6, 6.07) is 22.7. The number of piperazine rings is 1. The average Bonchev–Trinajstić information content (AvgIpc) is 3.94. The van der Waals surface area contributed by atoms with Crippen LogP contribution in [0.15, 0.2) is 82.8 Å². The zero-order valence-electron chi connectivity index (χ0n) is 27.5. The largest absolute Gasteiger partial charge is 0.492 e. The molecule has 3 aromatic rings. The van der Waals surface area contributed by atoms with Crippen LogP contribution in [0, 0.1) is 11.7 Å². The van der Waals surface area contributed by atoms with Gasteiger partial charge in [-0.25, -0.2) is 4.39 Å². The predicted octanol–water partition coefficient (Wildman–Crippen LogP) is 6.32. The maximum Gasteiger partial charge on any atom is 0.303 e. The standard InChI is InChI=1S/C39H43BrFN3O5/c40-32-18-17-29(41)21-35(32)49-19-5-8-25-11-13-27(14-12-25)31-22-30-23-44(36(45)9-4-10-37(46)47)24-34(42-30)38(31)39(48)43-33(28-15-16-28)20-26-6-2-1-3-7-26/h1-3,6-7,11-14,17-18,21,28,30,33-34,42H,4-5,8-10,15-16,19-20,22-24H2,(H,43,48)(H,46,47)/t30-,33?,34-/m1/s1. The molecule has 3 aromatic carbocycles. The molecule has 10 heteroatoms. The molecule has 1 aliphatic carbocycles. The van der Waals surface area contributed by atoms with Crippen molar-refractivity contribution in [2.45, 2.75) is 75.9 Å². The van der Waals surface area contributed by atoms with E-state index in [9.17, 15) is 18.8 Å². The summed E-state index contributed by atoms with van der Waals surface area (Å²) in [4.78, 5) is 40.3. The number of carboxylic acids is 1. The predicted molar refractivity (Wildman–Crippen MR) is 189 cm³/mol. The van der Waals surface area contributed by atoms with Crippen molar-refractivity contribution in [3.8, 4) is 5.75 Å². The topological polar surface area (TPSA) is 108 Å². The maximum atomic E-state index is 14.3. The third kappa shape index (κ3) is 9.36. The smallest absolute Gasteiger partial charge is 0.303 e. The first-order chi connectivity index (χ1) is 23.7. The van der Waals surface area contributed by atoms with Gasteiger partial charge in [0.05, 0.1) is 17.1 Å². The number of nitrogens with zero attached hydrogens (tertiary/aromatic N) is 1. The molecule has 6 rings (SSSR count). The number of ether oxygens (including phenoxy) is 1. The van der Waals surface area contributed by atoms with Crippen LogP contribution in [-0.2, 0) is 27.2 Å². The van der Waals surface area contributed by atoms with Crippen LogP contribution in [0.4, 0.5) is 4.39 Å². The quantitative estimate of drug-likeness (QED) is 0.158. The minimum absolute atomic E-state index is 0.0174. The summed E-state index contributed by atoms with van der Waals surface area (Å²) in [6.45, 7) is 1.32. The fourth-order valence-corrected chi connectivity index (χ4v) is 7.37. The lowest BCUT2D eigenvalue weighted by atomic mass is 9.82. The van der Waals surface area contributed by atoms with E-state index >= 15 is 0 Å². The third-order valence-corrected chi connectivity index (χ3v) is 10.3. The van der Waals surface area contributed by atoms with Gasteiger partial charge < -0.3 is 25.4 Å². The number of aliphatic carboxylic acids is 1. The Balaban J connectivity index is 1.19. The van der Waals surface area contributed by atoms with Crippen molar-refractivity contribution in [1.29, 1.82) is 0 Å². The van der Waals surface area contributed by atoms with Crippen molar-refractivity contribution < 1.29 is 28.6 Å². The molecule has 258 valence electrons. The number of nitrogens with one attached hydrogen (secondary N) is 2. The minimum Gasteiger partial charge on any atom is -0.492 e. The fourth-order valence-electron chi connectivity index (χ4n) is 7.00. The van der Waals surface area contributed by atoms with Gasteiger partial charge in [0.2, 0.25) is 11.8 Å². The van der Waals surface area contributed by atoms with E-state index in [2.05, 4.69) is 63.0 Å². The van der Waals surface area contributed by atoms with Gasteiger partial charge >= 0.3 is 5.97 Å². The van der Waals surface area contributed by atoms with Crippen LogP contribution in [-0.4, -0.2) is 65.6 Å². The molecule has 8 nitrogen and oxygen atoms in total. The highest BCUT2D eigenvalue weighted by Crippen LogP contribution is 2.37. The first-order valence-corrected chi connectivity index (χ1v) is 18.0. The molecule has 2 fully saturated rings.